The number of Topliss-reactive ketones (excluding diaryl/α,β-unsaturated/α-hetero) is 1. The van der Waals surface area contributed by atoms with Gasteiger partial charge in [0.15, 0.2) is 0 Å². The van der Waals surface area contributed by atoms with Crippen LogP contribution in [-0.4, -0.2) is 28.9 Å². The quantitative estimate of drug-likeness (QED) is 0.391. The van der Waals surface area contributed by atoms with Crippen molar-refractivity contribution in [2.75, 3.05) is 12.0 Å². The fourth-order valence-electron chi connectivity index (χ4n) is 3.52. The zero-order chi connectivity index (χ0) is 22.1. The summed E-state index contributed by atoms with van der Waals surface area (Å²) in [5.41, 5.74) is 0.203. The van der Waals surface area contributed by atoms with E-state index < -0.39 is 35.1 Å². The number of halogens is 2. The van der Waals surface area contributed by atoms with E-state index in [0.717, 1.165) is 17.0 Å². The molecule has 1 amide bonds. The molecule has 1 aromatic heterocycles. The summed E-state index contributed by atoms with van der Waals surface area (Å²) in [6.45, 7) is 0. The lowest BCUT2D eigenvalue weighted by Gasteiger charge is -2.25. The number of benzene rings is 2. The van der Waals surface area contributed by atoms with Gasteiger partial charge in [0.05, 0.1) is 24.4 Å². The standard InChI is InChI=1S/C23H16F2N2O4/c1-31-16-5-2-14(3-6-16)21(28)19-20(13-8-10-26-11-9-13)27(23(30)22(19)29)18-7-4-15(24)12-17(18)25/h2-12,20,28H,1H3/b21-19+. The minimum atomic E-state index is -1.13. The lowest BCUT2D eigenvalue weighted by atomic mass is 9.95. The molecule has 0 bridgehead atoms. The number of methoxy groups -OCH3 is 1. The highest BCUT2D eigenvalue weighted by Crippen LogP contribution is 2.42. The van der Waals surface area contributed by atoms with Crippen LogP contribution in [0.5, 0.6) is 5.75 Å². The van der Waals surface area contributed by atoms with Gasteiger partial charge in [0.1, 0.15) is 23.1 Å². The molecule has 1 fully saturated rings. The minimum absolute atomic E-state index is 0.218. The molecule has 1 N–H and O–H groups in total. The lowest BCUT2D eigenvalue weighted by molar-refractivity contribution is -0.132. The average molecular weight is 422 g/mol. The average Bonchev–Trinajstić information content (AvgIpc) is 3.04. The van der Waals surface area contributed by atoms with E-state index in [-0.39, 0.29) is 16.8 Å². The smallest absolute Gasteiger partial charge is 0.300 e. The second kappa shape index (κ2) is 7.98. The predicted octanol–water partition coefficient (Wildman–Crippen LogP) is 3.99. The number of carbonyl (C=O) groups is 2. The van der Waals surface area contributed by atoms with Gasteiger partial charge in [-0.3, -0.25) is 19.5 Å². The monoisotopic (exact) mass is 422 g/mol. The van der Waals surface area contributed by atoms with Gasteiger partial charge in [-0.1, -0.05) is 0 Å². The molecule has 3 aromatic rings. The zero-order valence-corrected chi connectivity index (χ0v) is 16.3. The van der Waals surface area contributed by atoms with E-state index in [2.05, 4.69) is 4.98 Å². The van der Waals surface area contributed by atoms with Crippen LogP contribution in [-0.2, 0) is 9.59 Å². The molecule has 0 saturated carbocycles. The summed E-state index contributed by atoms with van der Waals surface area (Å²) in [5.74, 6) is -3.74. The lowest BCUT2D eigenvalue weighted by Crippen LogP contribution is -2.30. The molecule has 1 aliphatic heterocycles. The maximum absolute atomic E-state index is 14.6. The molecule has 31 heavy (non-hydrogen) atoms. The van der Waals surface area contributed by atoms with E-state index in [1.807, 2.05) is 0 Å². The zero-order valence-electron chi connectivity index (χ0n) is 16.3. The first-order valence-corrected chi connectivity index (χ1v) is 9.22. The Labute approximate surface area is 176 Å². The molecule has 1 unspecified atom stereocenters. The number of aliphatic hydroxyl groups is 1. The second-order valence-electron chi connectivity index (χ2n) is 6.77. The van der Waals surface area contributed by atoms with Crippen molar-refractivity contribution < 1.29 is 28.2 Å². The SMILES string of the molecule is COc1ccc(/C(O)=C2\C(=O)C(=O)N(c3ccc(F)cc3F)C2c2ccncc2)cc1. The van der Waals surface area contributed by atoms with Gasteiger partial charge in [-0.15, -0.1) is 0 Å². The molecule has 156 valence electrons. The third-order valence-corrected chi connectivity index (χ3v) is 5.00. The number of ketones is 1. The topological polar surface area (TPSA) is 79.7 Å². The van der Waals surface area contributed by atoms with Crippen LogP contribution in [0, 0.1) is 11.6 Å². The Morgan fingerprint density at radius 2 is 1.71 bits per heavy atom. The molecule has 2 heterocycles. The van der Waals surface area contributed by atoms with Crippen molar-refractivity contribution in [3.05, 3.63) is 95.3 Å². The number of rotatable bonds is 4. The van der Waals surface area contributed by atoms with Crippen molar-refractivity contribution in [2.24, 2.45) is 0 Å². The van der Waals surface area contributed by atoms with Crippen LogP contribution < -0.4 is 9.64 Å². The summed E-state index contributed by atoms with van der Waals surface area (Å²) in [7, 11) is 1.49. The van der Waals surface area contributed by atoms with Crippen molar-refractivity contribution in [1.29, 1.82) is 0 Å². The van der Waals surface area contributed by atoms with Crippen LogP contribution in [0.1, 0.15) is 17.2 Å². The maximum Gasteiger partial charge on any atom is 0.300 e. The van der Waals surface area contributed by atoms with Gasteiger partial charge >= 0.3 is 0 Å². The second-order valence-corrected chi connectivity index (χ2v) is 6.77. The summed E-state index contributed by atoms with van der Waals surface area (Å²) in [6.07, 6.45) is 2.90. The highest BCUT2D eigenvalue weighted by Gasteiger charge is 2.47. The van der Waals surface area contributed by atoms with E-state index in [1.165, 1.54) is 31.6 Å². The van der Waals surface area contributed by atoms with E-state index in [0.29, 0.717) is 17.4 Å². The third-order valence-electron chi connectivity index (χ3n) is 5.00. The summed E-state index contributed by atoms with van der Waals surface area (Å²) in [6, 6.07) is 10.9. The highest BCUT2D eigenvalue weighted by molar-refractivity contribution is 6.51. The summed E-state index contributed by atoms with van der Waals surface area (Å²) >= 11 is 0. The minimum Gasteiger partial charge on any atom is -0.507 e. The largest absolute Gasteiger partial charge is 0.507 e. The maximum atomic E-state index is 14.6. The van der Waals surface area contributed by atoms with Crippen molar-refractivity contribution >= 4 is 23.1 Å². The Bertz CT molecular complexity index is 1190. The highest BCUT2D eigenvalue weighted by atomic mass is 19.1. The normalized spacial score (nSPS) is 17.8. The van der Waals surface area contributed by atoms with Crippen LogP contribution in [0.4, 0.5) is 14.5 Å². The van der Waals surface area contributed by atoms with Gasteiger partial charge in [0.25, 0.3) is 11.7 Å². The van der Waals surface area contributed by atoms with Crippen LogP contribution in [0.2, 0.25) is 0 Å². The van der Waals surface area contributed by atoms with Gasteiger partial charge in [0.2, 0.25) is 0 Å². The van der Waals surface area contributed by atoms with Gasteiger partial charge in [0, 0.05) is 24.0 Å². The first kappa shape index (κ1) is 20.2. The number of aromatic nitrogens is 1. The molecule has 1 aliphatic rings. The number of amides is 1. The Kier molecular flexibility index (Phi) is 5.21. The molecule has 2 aromatic carbocycles. The molecule has 8 heteroatoms. The fraction of sp³-hybridized carbons (Fsp3) is 0.0870. The molecule has 0 radical (unpaired) electrons. The molecule has 0 spiro atoms. The number of carbonyl (C=O) groups excluding carboxylic acids is 2. The molecule has 0 aliphatic carbocycles. The van der Waals surface area contributed by atoms with Crippen LogP contribution in [0.25, 0.3) is 5.76 Å². The van der Waals surface area contributed by atoms with E-state index in [1.54, 1.807) is 24.3 Å². The first-order valence-electron chi connectivity index (χ1n) is 9.22. The van der Waals surface area contributed by atoms with Crippen molar-refractivity contribution in [2.45, 2.75) is 6.04 Å². The van der Waals surface area contributed by atoms with Gasteiger partial charge in [-0.25, -0.2) is 8.78 Å². The van der Waals surface area contributed by atoms with E-state index in [9.17, 15) is 23.5 Å². The fourth-order valence-corrected chi connectivity index (χ4v) is 3.52. The van der Waals surface area contributed by atoms with Crippen LogP contribution in [0.3, 0.4) is 0 Å². The molecule has 1 saturated heterocycles. The molecule has 6 nitrogen and oxygen atoms in total. The Morgan fingerprint density at radius 3 is 2.32 bits per heavy atom. The number of hydrogen-bond acceptors (Lipinski definition) is 5. The van der Waals surface area contributed by atoms with E-state index >= 15 is 0 Å². The number of anilines is 1. The Balaban J connectivity index is 1.93. The summed E-state index contributed by atoms with van der Waals surface area (Å²) in [5, 5.41) is 11.0. The third kappa shape index (κ3) is 3.52. The van der Waals surface area contributed by atoms with Crippen molar-refractivity contribution in [3.63, 3.8) is 0 Å². The van der Waals surface area contributed by atoms with Gasteiger partial charge in [-0.2, -0.15) is 0 Å². The first-order chi connectivity index (χ1) is 14.9. The number of hydrogen-bond donors (Lipinski definition) is 1. The molecule has 1 atom stereocenters. The summed E-state index contributed by atoms with van der Waals surface area (Å²) in [4.78, 5) is 30.7. The molecule has 4 rings (SSSR count). The van der Waals surface area contributed by atoms with E-state index in [4.69, 9.17) is 4.74 Å². The summed E-state index contributed by atoms with van der Waals surface area (Å²) < 4.78 is 33.1. The van der Waals surface area contributed by atoms with Crippen LogP contribution >= 0.6 is 0 Å². The van der Waals surface area contributed by atoms with Crippen molar-refractivity contribution in [3.8, 4) is 5.75 Å². The Hall–Kier alpha value is -4.07. The molecular formula is C23H16F2N2O4. The Morgan fingerprint density at radius 1 is 1.03 bits per heavy atom. The number of aliphatic hydroxyl groups excluding tert-OH is 1. The predicted molar refractivity (Wildman–Crippen MR) is 108 cm³/mol. The number of nitrogens with zero attached hydrogens (tertiary/aromatic N) is 2. The van der Waals surface area contributed by atoms with Gasteiger partial charge in [-0.05, 0) is 54.1 Å². The van der Waals surface area contributed by atoms with Gasteiger partial charge < -0.3 is 9.84 Å². The number of pyridine rings is 1. The molecular weight excluding hydrogens is 406 g/mol. The van der Waals surface area contributed by atoms with Crippen LogP contribution in [0.15, 0.2) is 72.6 Å². The number of ether oxygens (including phenoxy) is 1. The van der Waals surface area contributed by atoms with Crippen molar-refractivity contribution in [1.82, 2.24) is 4.98 Å².